The fourth-order valence-corrected chi connectivity index (χ4v) is 2.96. The molecule has 2 heteroatoms. The Labute approximate surface area is 103 Å². The summed E-state index contributed by atoms with van der Waals surface area (Å²) in [5.41, 5.74) is 3.10. The maximum atomic E-state index is 5.49. The third-order valence-corrected chi connectivity index (χ3v) is 4.07. The molecule has 0 bridgehead atoms. The Hall–Kier alpha value is -0.860. The van der Waals surface area contributed by atoms with E-state index in [1.807, 2.05) is 0 Å². The Morgan fingerprint density at radius 3 is 3.06 bits per heavy atom. The van der Waals surface area contributed by atoms with Crippen LogP contribution in [0.25, 0.3) is 0 Å². The first kappa shape index (κ1) is 11.2. The number of benzene rings is 1. The highest BCUT2D eigenvalue weighted by Gasteiger charge is 2.25. The SMILES string of the molecule is c1ccc2c(c1)CC2CNC1CCCOCC1. The van der Waals surface area contributed by atoms with E-state index in [0.29, 0.717) is 6.04 Å². The molecule has 1 aliphatic carbocycles. The van der Waals surface area contributed by atoms with Crippen LogP contribution in [0, 0.1) is 0 Å². The van der Waals surface area contributed by atoms with Gasteiger partial charge in [-0.25, -0.2) is 0 Å². The molecule has 0 amide bonds. The van der Waals surface area contributed by atoms with Crippen LogP contribution in [-0.4, -0.2) is 25.8 Å². The summed E-state index contributed by atoms with van der Waals surface area (Å²) in [5.74, 6) is 0.746. The van der Waals surface area contributed by atoms with Crippen molar-refractivity contribution in [2.24, 2.45) is 0 Å². The van der Waals surface area contributed by atoms with Crippen molar-refractivity contribution in [2.75, 3.05) is 19.8 Å². The minimum Gasteiger partial charge on any atom is -0.381 e. The van der Waals surface area contributed by atoms with Crippen LogP contribution < -0.4 is 5.32 Å². The minimum atomic E-state index is 0.672. The average Bonchev–Trinajstić information content (AvgIpc) is 2.59. The molecule has 0 saturated carbocycles. The lowest BCUT2D eigenvalue weighted by molar-refractivity contribution is 0.142. The molecule has 0 radical (unpaired) electrons. The highest BCUT2D eigenvalue weighted by molar-refractivity contribution is 5.40. The van der Waals surface area contributed by atoms with Crippen LogP contribution in [0.2, 0.25) is 0 Å². The summed E-state index contributed by atoms with van der Waals surface area (Å²) in [6.45, 7) is 3.02. The number of rotatable bonds is 3. The third kappa shape index (κ3) is 2.53. The third-order valence-electron chi connectivity index (χ3n) is 4.07. The van der Waals surface area contributed by atoms with Gasteiger partial charge in [0.1, 0.15) is 0 Å². The van der Waals surface area contributed by atoms with Gasteiger partial charge in [-0.05, 0) is 36.8 Å². The largest absolute Gasteiger partial charge is 0.381 e. The van der Waals surface area contributed by atoms with Gasteiger partial charge in [0.25, 0.3) is 0 Å². The molecule has 0 aromatic heterocycles. The van der Waals surface area contributed by atoms with Crippen molar-refractivity contribution < 1.29 is 4.74 Å². The van der Waals surface area contributed by atoms with Gasteiger partial charge >= 0.3 is 0 Å². The van der Waals surface area contributed by atoms with Crippen LogP contribution >= 0.6 is 0 Å². The maximum absolute atomic E-state index is 5.49. The molecule has 1 N–H and O–H groups in total. The summed E-state index contributed by atoms with van der Waals surface area (Å²) in [6, 6.07) is 9.51. The van der Waals surface area contributed by atoms with E-state index in [1.54, 1.807) is 11.1 Å². The lowest BCUT2D eigenvalue weighted by atomic mass is 9.77. The Morgan fingerprint density at radius 2 is 2.12 bits per heavy atom. The van der Waals surface area contributed by atoms with Crippen molar-refractivity contribution >= 4 is 0 Å². The summed E-state index contributed by atoms with van der Waals surface area (Å²) in [4.78, 5) is 0. The van der Waals surface area contributed by atoms with Crippen LogP contribution in [0.5, 0.6) is 0 Å². The standard InChI is InChI=1S/C15H21NO/c1-2-6-15-12(4-1)10-13(15)11-16-14-5-3-8-17-9-7-14/h1-2,4,6,13-14,16H,3,5,7-11H2. The molecule has 2 atom stereocenters. The van der Waals surface area contributed by atoms with Crippen molar-refractivity contribution in [2.45, 2.75) is 37.6 Å². The quantitative estimate of drug-likeness (QED) is 0.863. The molecular formula is C15H21NO. The zero-order valence-corrected chi connectivity index (χ0v) is 10.3. The predicted octanol–water partition coefficient (Wildman–Crippen LogP) is 2.49. The predicted molar refractivity (Wildman–Crippen MR) is 69.3 cm³/mol. The van der Waals surface area contributed by atoms with Crippen molar-refractivity contribution in [3.05, 3.63) is 35.4 Å². The molecule has 2 aliphatic rings. The van der Waals surface area contributed by atoms with E-state index in [4.69, 9.17) is 4.74 Å². The van der Waals surface area contributed by atoms with Gasteiger partial charge in [-0.1, -0.05) is 24.3 Å². The minimum absolute atomic E-state index is 0.672. The van der Waals surface area contributed by atoms with Crippen molar-refractivity contribution in [1.29, 1.82) is 0 Å². The summed E-state index contributed by atoms with van der Waals surface area (Å²) >= 11 is 0. The Morgan fingerprint density at radius 1 is 1.18 bits per heavy atom. The molecule has 92 valence electrons. The van der Waals surface area contributed by atoms with Gasteiger partial charge in [0.15, 0.2) is 0 Å². The van der Waals surface area contributed by atoms with Gasteiger partial charge < -0.3 is 10.1 Å². The lowest BCUT2D eigenvalue weighted by Gasteiger charge is -2.31. The normalized spacial score (nSPS) is 28.0. The van der Waals surface area contributed by atoms with Crippen LogP contribution in [-0.2, 0) is 11.2 Å². The summed E-state index contributed by atoms with van der Waals surface area (Å²) < 4.78 is 5.49. The monoisotopic (exact) mass is 231 g/mol. The topological polar surface area (TPSA) is 21.3 Å². The summed E-state index contributed by atoms with van der Waals surface area (Å²) in [6.07, 6.45) is 4.91. The van der Waals surface area contributed by atoms with Crippen LogP contribution in [0.3, 0.4) is 0 Å². The van der Waals surface area contributed by atoms with E-state index in [2.05, 4.69) is 29.6 Å². The first-order valence-electron chi connectivity index (χ1n) is 6.82. The van der Waals surface area contributed by atoms with Crippen LogP contribution in [0.4, 0.5) is 0 Å². The highest BCUT2D eigenvalue weighted by Crippen LogP contribution is 2.34. The molecule has 1 aromatic carbocycles. The second kappa shape index (κ2) is 5.19. The Kier molecular flexibility index (Phi) is 3.44. The van der Waals surface area contributed by atoms with Crippen molar-refractivity contribution in [1.82, 2.24) is 5.32 Å². The fraction of sp³-hybridized carbons (Fsp3) is 0.600. The van der Waals surface area contributed by atoms with Gasteiger partial charge in [0, 0.05) is 31.7 Å². The van der Waals surface area contributed by atoms with Gasteiger partial charge in [-0.3, -0.25) is 0 Å². The van der Waals surface area contributed by atoms with Crippen molar-refractivity contribution in [3.63, 3.8) is 0 Å². The zero-order valence-electron chi connectivity index (χ0n) is 10.3. The zero-order chi connectivity index (χ0) is 11.5. The number of hydrogen-bond donors (Lipinski definition) is 1. The van der Waals surface area contributed by atoms with E-state index in [1.165, 1.54) is 25.7 Å². The fourth-order valence-electron chi connectivity index (χ4n) is 2.96. The number of ether oxygens (including phenoxy) is 1. The molecule has 1 heterocycles. The van der Waals surface area contributed by atoms with E-state index in [9.17, 15) is 0 Å². The van der Waals surface area contributed by atoms with Crippen LogP contribution in [0.1, 0.15) is 36.3 Å². The second-order valence-electron chi connectivity index (χ2n) is 5.25. The molecule has 3 rings (SSSR count). The van der Waals surface area contributed by atoms with Crippen molar-refractivity contribution in [3.8, 4) is 0 Å². The average molecular weight is 231 g/mol. The number of hydrogen-bond acceptors (Lipinski definition) is 2. The molecule has 2 nitrogen and oxygen atoms in total. The second-order valence-corrected chi connectivity index (χ2v) is 5.25. The van der Waals surface area contributed by atoms with E-state index in [-0.39, 0.29) is 0 Å². The van der Waals surface area contributed by atoms with Gasteiger partial charge in [-0.15, -0.1) is 0 Å². The molecule has 1 saturated heterocycles. The van der Waals surface area contributed by atoms with E-state index < -0.39 is 0 Å². The molecule has 1 fully saturated rings. The van der Waals surface area contributed by atoms with Gasteiger partial charge in [-0.2, -0.15) is 0 Å². The molecule has 2 unspecified atom stereocenters. The first-order valence-corrected chi connectivity index (χ1v) is 6.82. The lowest BCUT2D eigenvalue weighted by Crippen LogP contribution is -2.36. The maximum Gasteiger partial charge on any atom is 0.0480 e. The van der Waals surface area contributed by atoms with E-state index >= 15 is 0 Å². The Balaban J connectivity index is 1.49. The van der Waals surface area contributed by atoms with Gasteiger partial charge in [0.05, 0.1) is 0 Å². The number of nitrogens with one attached hydrogen (secondary N) is 1. The molecule has 0 spiro atoms. The molecule has 1 aromatic rings. The Bertz CT molecular complexity index is 369. The molecular weight excluding hydrogens is 210 g/mol. The summed E-state index contributed by atoms with van der Waals surface area (Å²) in [5, 5.41) is 3.72. The smallest absolute Gasteiger partial charge is 0.0480 e. The van der Waals surface area contributed by atoms with E-state index in [0.717, 1.165) is 25.7 Å². The van der Waals surface area contributed by atoms with Gasteiger partial charge in [0.2, 0.25) is 0 Å². The highest BCUT2D eigenvalue weighted by atomic mass is 16.5. The summed E-state index contributed by atoms with van der Waals surface area (Å²) in [7, 11) is 0. The molecule has 17 heavy (non-hydrogen) atoms. The first-order chi connectivity index (χ1) is 8.43. The molecule has 1 aliphatic heterocycles. The van der Waals surface area contributed by atoms with Crippen LogP contribution in [0.15, 0.2) is 24.3 Å². The number of fused-ring (bicyclic) bond motifs is 1.